The van der Waals surface area contributed by atoms with Gasteiger partial charge in [-0.1, -0.05) is 19.9 Å². The lowest BCUT2D eigenvalue weighted by molar-refractivity contribution is -0.134. The number of carbonyl (C=O) groups is 1. The van der Waals surface area contributed by atoms with E-state index in [0.29, 0.717) is 5.92 Å². The quantitative estimate of drug-likeness (QED) is 0.716. The van der Waals surface area contributed by atoms with Crippen LogP contribution in [0.3, 0.4) is 0 Å². The van der Waals surface area contributed by atoms with Crippen molar-refractivity contribution in [2.24, 2.45) is 17.6 Å². The van der Waals surface area contributed by atoms with Crippen molar-refractivity contribution in [3.05, 3.63) is 12.7 Å². The van der Waals surface area contributed by atoms with E-state index >= 15 is 0 Å². The van der Waals surface area contributed by atoms with Gasteiger partial charge in [0.05, 0.1) is 6.04 Å². The van der Waals surface area contributed by atoms with Gasteiger partial charge in [0.15, 0.2) is 0 Å². The molecule has 0 spiro atoms. The van der Waals surface area contributed by atoms with Crippen LogP contribution >= 0.6 is 0 Å². The Kier molecular flexibility index (Phi) is 4.33. The average molecular weight is 210 g/mol. The molecule has 3 heteroatoms. The fourth-order valence-electron chi connectivity index (χ4n) is 1.85. The summed E-state index contributed by atoms with van der Waals surface area (Å²) >= 11 is 0. The minimum Gasteiger partial charge on any atom is -0.341 e. The van der Waals surface area contributed by atoms with E-state index in [1.165, 1.54) is 0 Å². The van der Waals surface area contributed by atoms with Gasteiger partial charge in [0.1, 0.15) is 0 Å². The molecule has 1 fully saturated rings. The standard InChI is InChI=1S/C12H22N2O/c1-4-10-5-7-14(8-6-10)12(15)11(13)9(2)3/h4,9-11H,1,5-8,13H2,2-3H3/t11-/m1/s1. The molecule has 0 radical (unpaired) electrons. The van der Waals surface area contributed by atoms with E-state index < -0.39 is 0 Å². The number of allylic oxidation sites excluding steroid dienone is 1. The maximum absolute atomic E-state index is 11.9. The van der Waals surface area contributed by atoms with Crippen LogP contribution in [0, 0.1) is 11.8 Å². The fraction of sp³-hybridized carbons (Fsp3) is 0.750. The van der Waals surface area contributed by atoms with E-state index in [1.54, 1.807) is 0 Å². The summed E-state index contributed by atoms with van der Waals surface area (Å²) in [7, 11) is 0. The molecule has 1 rings (SSSR count). The number of rotatable bonds is 3. The van der Waals surface area contributed by atoms with Gasteiger partial charge >= 0.3 is 0 Å². The molecule has 0 aromatic carbocycles. The summed E-state index contributed by atoms with van der Waals surface area (Å²) in [6.45, 7) is 9.42. The molecule has 1 aliphatic rings. The highest BCUT2D eigenvalue weighted by molar-refractivity contribution is 5.82. The molecule has 0 unspecified atom stereocenters. The van der Waals surface area contributed by atoms with Gasteiger partial charge in [-0.05, 0) is 24.7 Å². The number of hydrogen-bond acceptors (Lipinski definition) is 2. The summed E-state index contributed by atoms with van der Waals surface area (Å²) < 4.78 is 0. The summed E-state index contributed by atoms with van der Waals surface area (Å²) in [5, 5.41) is 0. The van der Waals surface area contributed by atoms with Crippen molar-refractivity contribution in [2.45, 2.75) is 32.7 Å². The lowest BCUT2D eigenvalue weighted by Crippen LogP contribution is -2.49. The van der Waals surface area contributed by atoms with Crippen LogP contribution in [0.5, 0.6) is 0 Å². The molecule has 2 N–H and O–H groups in total. The lowest BCUT2D eigenvalue weighted by Gasteiger charge is -2.33. The van der Waals surface area contributed by atoms with Crippen molar-refractivity contribution in [3.63, 3.8) is 0 Å². The Morgan fingerprint density at radius 1 is 1.47 bits per heavy atom. The van der Waals surface area contributed by atoms with Crippen molar-refractivity contribution in [1.29, 1.82) is 0 Å². The normalized spacial score (nSPS) is 20.4. The summed E-state index contributed by atoms with van der Waals surface area (Å²) in [6.07, 6.45) is 4.05. The average Bonchev–Trinajstić information content (AvgIpc) is 2.27. The molecule has 0 saturated carbocycles. The number of likely N-dealkylation sites (tertiary alicyclic amines) is 1. The van der Waals surface area contributed by atoms with E-state index in [0.717, 1.165) is 25.9 Å². The third-order valence-electron chi connectivity index (χ3n) is 3.19. The zero-order valence-corrected chi connectivity index (χ0v) is 9.78. The summed E-state index contributed by atoms with van der Waals surface area (Å²) in [6, 6.07) is -0.342. The predicted octanol–water partition coefficient (Wildman–Crippen LogP) is 1.39. The third-order valence-corrected chi connectivity index (χ3v) is 3.19. The van der Waals surface area contributed by atoms with E-state index in [9.17, 15) is 4.79 Å². The van der Waals surface area contributed by atoms with Crippen molar-refractivity contribution < 1.29 is 4.79 Å². The van der Waals surface area contributed by atoms with Crippen LogP contribution in [0.2, 0.25) is 0 Å². The number of nitrogens with zero attached hydrogens (tertiary/aromatic N) is 1. The highest BCUT2D eigenvalue weighted by atomic mass is 16.2. The number of amides is 1. The first-order chi connectivity index (χ1) is 7.06. The molecule has 1 saturated heterocycles. The Hall–Kier alpha value is -0.830. The zero-order chi connectivity index (χ0) is 11.4. The van der Waals surface area contributed by atoms with Crippen LogP contribution in [0.25, 0.3) is 0 Å². The molecular formula is C12H22N2O. The van der Waals surface area contributed by atoms with Crippen molar-refractivity contribution in [2.75, 3.05) is 13.1 Å². The molecule has 0 aromatic rings. The van der Waals surface area contributed by atoms with Gasteiger partial charge in [-0.3, -0.25) is 4.79 Å². The molecular weight excluding hydrogens is 188 g/mol. The summed E-state index contributed by atoms with van der Waals surface area (Å²) in [5.41, 5.74) is 5.85. The van der Waals surface area contributed by atoms with Crippen LogP contribution < -0.4 is 5.73 Å². The largest absolute Gasteiger partial charge is 0.341 e. The van der Waals surface area contributed by atoms with Gasteiger partial charge in [0, 0.05) is 13.1 Å². The van der Waals surface area contributed by atoms with Crippen LogP contribution in [0.4, 0.5) is 0 Å². The van der Waals surface area contributed by atoms with Gasteiger partial charge in [0.25, 0.3) is 0 Å². The fourth-order valence-corrected chi connectivity index (χ4v) is 1.85. The molecule has 86 valence electrons. The monoisotopic (exact) mass is 210 g/mol. The highest BCUT2D eigenvalue weighted by Gasteiger charge is 2.26. The topological polar surface area (TPSA) is 46.3 Å². The molecule has 1 amide bonds. The van der Waals surface area contributed by atoms with Crippen molar-refractivity contribution in [3.8, 4) is 0 Å². The molecule has 1 atom stereocenters. The summed E-state index contributed by atoms with van der Waals surface area (Å²) in [4.78, 5) is 13.8. The van der Waals surface area contributed by atoms with Crippen molar-refractivity contribution >= 4 is 5.91 Å². The first kappa shape index (κ1) is 12.2. The number of piperidine rings is 1. The third kappa shape index (κ3) is 3.06. The van der Waals surface area contributed by atoms with Gasteiger partial charge in [0.2, 0.25) is 5.91 Å². The predicted molar refractivity (Wildman–Crippen MR) is 62.3 cm³/mol. The first-order valence-electron chi connectivity index (χ1n) is 5.73. The molecule has 3 nitrogen and oxygen atoms in total. The maximum Gasteiger partial charge on any atom is 0.239 e. The number of carbonyl (C=O) groups excluding carboxylic acids is 1. The second-order valence-corrected chi connectivity index (χ2v) is 4.67. The number of nitrogens with two attached hydrogens (primary N) is 1. The van der Waals surface area contributed by atoms with Gasteiger partial charge in [-0.15, -0.1) is 6.58 Å². The Balaban J connectivity index is 2.46. The van der Waals surface area contributed by atoms with E-state index in [2.05, 4.69) is 6.58 Å². The maximum atomic E-state index is 11.9. The molecule has 0 bridgehead atoms. The van der Waals surface area contributed by atoms with E-state index in [-0.39, 0.29) is 17.9 Å². The van der Waals surface area contributed by atoms with Crippen LogP contribution in [0.15, 0.2) is 12.7 Å². The lowest BCUT2D eigenvalue weighted by atomic mass is 9.95. The summed E-state index contributed by atoms with van der Waals surface area (Å²) in [5.74, 6) is 0.895. The Bertz CT molecular complexity index is 230. The first-order valence-corrected chi connectivity index (χ1v) is 5.73. The van der Waals surface area contributed by atoms with E-state index in [1.807, 2.05) is 24.8 Å². The molecule has 15 heavy (non-hydrogen) atoms. The van der Waals surface area contributed by atoms with Gasteiger partial charge in [-0.2, -0.15) is 0 Å². The molecule has 1 heterocycles. The van der Waals surface area contributed by atoms with E-state index in [4.69, 9.17) is 5.73 Å². The molecule has 1 aliphatic heterocycles. The smallest absolute Gasteiger partial charge is 0.239 e. The van der Waals surface area contributed by atoms with Crippen LogP contribution in [0.1, 0.15) is 26.7 Å². The molecule has 0 aliphatic carbocycles. The minimum absolute atomic E-state index is 0.104. The Morgan fingerprint density at radius 3 is 2.40 bits per heavy atom. The minimum atomic E-state index is -0.342. The van der Waals surface area contributed by atoms with Crippen molar-refractivity contribution in [1.82, 2.24) is 4.90 Å². The second kappa shape index (κ2) is 5.31. The second-order valence-electron chi connectivity index (χ2n) is 4.67. The van der Waals surface area contributed by atoms with Crippen LogP contribution in [-0.4, -0.2) is 29.9 Å². The number of hydrogen-bond donors (Lipinski definition) is 1. The molecule has 0 aromatic heterocycles. The van der Waals surface area contributed by atoms with Gasteiger partial charge < -0.3 is 10.6 Å². The Labute approximate surface area is 92.3 Å². The SMILES string of the molecule is C=CC1CCN(C(=O)[C@H](N)C(C)C)CC1. The zero-order valence-electron chi connectivity index (χ0n) is 9.78. The van der Waals surface area contributed by atoms with Crippen LogP contribution in [-0.2, 0) is 4.79 Å². The Morgan fingerprint density at radius 2 is 2.00 bits per heavy atom. The highest BCUT2D eigenvalue weighted by Crippen LogP contribution is 2.18. The van der Waals surface area contributed by atoms with Gasteiger partial charge in [-0.25, -0.2) is 0 Å².